The van der Waals surface area contributed by atoms with E-state index >= 15 is 0 Å². The van der Waals surface area contributed by atoms with Gasteiger partial charge in [0.1, 0.15) is 5.83 Å². The summed E-state index contributed by atoms with van der Waals surface area (Å²) in [5.74, 6) is -1.80. The standard InChI is InChI=1S/C8H4BF3/c1-3-5(9)7(11)8(12)6(10)4-2/h1-2,5-6H/b8-7+. The molecule has 0 aromatic rings. The zero-order chi connectivity index (χ0) is 9.72. The van der Waals surface area contributed by atoms with Crippen LogP contribution in [0, 0.1) is 24.7 Å². The van der Waals surface area contributed by atoms with E-state index in [1.165, 1.54) is 5.92 Å². The summed E-state index contributed by atoms with van der Waals surface area (Å²) in [7, 11) is 4.87. The van der Waals surface area contributed by atoms with Crippen molar-refractivity contribution in [3.05, 3.63) is 11.7 Å². The Labute approximate surface area is 70.3 Å². The van der Waals surface area contributed by atoms with Crippen LogP contribution in [0.5, 0.6) is 0 Å². The number of halogens is 3. The van der Waals surface area contributed by atoms with Gasteiger partial charge >= 0.3 is 0 Å². The molecule has 0 saturated carbocycles. The molecule has 2 atom stereocenters. The van der Waals surface area contributed by atoms with Crippen LogP contribution in [-0.2, 0) is 0 Å². The van der Waals surface area contributed by atoms with Gasteiger partial charge in [-0.1, -0.05) is 5.92 Å². The average molecular weight is 168 g/mol. The lowest BCUT2D eigenvalue weighted by Crippen LogP contribution is -2.01. The third kappa shape index (κ3) is 2.40. The second kappa shape index (κ2) is 4.56. The summed E-state index contributed by atoms with van der Waals surface area (Å²) in [5.41, 5.74) is 0. The highest BCUT2D eigenvalue weighted by Crippen LogP contribution is 2.23. The van der Waals surface area contributed by atoms with Gasteiger partial charge in [-0.05, 0) is 0 Å². The zero-order valence-corrected chi connectivity index (χ0v) is 6.02. The number of hydrogen-bond donors (Lipinski definition) is 0. The van der Waals surface area contributed by atoms with Crippen molar-refractivity contribution in [2.45, 2.75) is 12.0 Å². The third-order valence-electron chi connectivity index (χ3n) is 1.05. The fourth-order valence-electron chi connectivity index (χ4n) is 0.416. The Kier molecular flexibility index (Phi) is 4.08. The van der Waals surface area contributed by atoms with Crippen LogP contribution in [0.25, 0.3) is 0 Å². The van der Waals surface area contributed by atoms with Crippen molar-refractivity contribution >= 4 is 7.85 Å². The highest BCUT2D eigenvalue weighted by molar-refractivity contribution is 6.15. The number of terminal acetylenes is 2. The van der Waals surface area contributed by atoms with Gasteiger partial charge in [-0.3, -0.25) is 0 Å². The van der Waals surface area contributed by atoms with Crippen LogP contribution in [0.1, 0.15) is 0 Å². The second-order valence-electron chi connectivity index (χ2n) is 1.87. The summed E-state index contributed by atoms with van der Waals surface area (Å²) in [6.07, 6.45) is 6.73. The van der Waals surface area contributed by atoms with Crippen molar-refractivity contribution < 1.29 is 13.2 Å². The number of allylic oxidation sites excluding steroid dienone is 2. The van der Waals surface area contributed by atoms with E-state index in [0.717, 1.165) is 0 Å². The molecule has 12 heavy (non-hydrogen) atoms. The van der Waals surface area contributed by atoms with Crippen molar-refractivity contribution in [2.75, 3.05) is 0 Å². The Morgan fingerprint density at radius 1 is 1.17 bits per heavy atom. The van der Waals surface area contributed by atoms with E-state index in [2.05, 4.69) is 12.8 Å². The van der Waals surface area contributed by atoms with Gasteiger partial charge in [0.25, 0.3) is 0 Å². The molecular weight excluding hydrogens is 164 g/mol. The minimum Gasteiger partial charge on any atom is -0.225 e. The molecule has 0 rings (SSSR count). The van der Waals surface area contributed by atoms with Crippen LogP contribution in [0.2, 0.25) is 5.82 Å². The Hall–Kier alpha value is -1.29. The summed E-state index contributed by atoms with van der Waals surface area (Å²) in [6.45, 7) is 0. The lowest BCUT2D eigenvalue weighted by atomic mass is 9.86. The number of rotatable bonds is 2. The monoisotopic (exact) mass is 168 g/mol. The molecule has 0 spiro atoms. The first kappa shape index (κ1) is 10.7. The van der Waals surface area contributed by atoms with Crippen molar-refractivity contribution in [3.8, 4) is 24.7 Å². The second-order valence-corrected chi connectivity index (χ2v) is 1.87. The van der Waals surface area contributed by atoms with Gasteiger partial charge in [-0.25, -0.2) is 13.2 Å². The molecule has 0 fully saturated rings. The molecule has 2 radical (unpaired) electrons. The molecule has 0 heterocycles. The molecule has 0 N–H and O–H groups in total. The summed E-state index contributed by atoms with van der Waals surface area (Å²) in [6, 6.07) is 0. The van der Waals surface area contributed by atoms with Gasteiger partial charge < -0.3 is 0 Å². The van der Waals surface area contributed by atoms with Gasteiger partial charge in [0, 0.05) is 5.82 Å². The van der Waals surface area contributed by atoms with Crippen molar-refractivity contribution in [1.29, 1.82) is 0 Å². The van der Waals surface area contributed by atoms with E-state index in [-0.39, 0.29) is 0 Å². The lowest BCUT2D eigenvalue weighted by molar-refractivity contribution is 0.369. The maximum Gasteiger partial charge on any atom is 0.214 e. The van der Waals surface area contributed by atoms with Crippen LogP contribution in [0.4, 0.5) is 13.2 Å². The van der Waals surface area contributed by atoms with Crippen molar-refractivity contribution in [3.63, 3.8) is 0 Å². The predicted molar refractivity (Wildman–Crippen MR) is 41.3 cm³/mol. The van der Waals surface area contributed by atoms with Gasteiger partial charge in [0.2, 0.25) is 6.17 Å². The van der Waals surface area contributed by atoms with E-state index in [1.54, 1.807) is 5.92 Å². The lowest BCUT2D eigenvalue weighted by Gasteiger charge is -2.03. The Bertz CT molecular complexity index is 241. The maximum atomic E-state index is 12.5. The first-order chi connectivity index (χ1) is 5.54. The number of hydrogen-bond acceptors (Lipinski definition) is 0. The number of alkyl halides is 1. The van der Waals surface area contributed by atoms with Crippen LogP contribution < -0.4 is 0 Å². The van der Waals surface area contributed by atoms with Gasteiger partial charge in [0.05, 0.1) is 7.85 Å². The summed E-state index contributed by atoms with van der Waals surface area (Å²) >= 11 is 0. The molecule has 0 nitrogen and oxygen atoms in total. The largest absolute Gasteiger partial charge is 0.225 e. The fourth-order valence-corrected chi connectivity index (χ4v) is 0.416. The minimum absolute atomic E-state index is 1.36. The first-order valence-corrected chi connectivity index (χ1v) is 2.91. The molecule has 2 unspecified atom stereocenters. The summed E-state index contributed by atoms with van der Waals surface area (Å²) in [4.78, 5) is 0. The molecule has 60 valence electrons. The molecule has 0 bridgehead atoms. The van der Waals surface area contributed by atoms with Crippen LogP contribution in [0.3, 0.4) is 0 Å². The van der Waals surface area contributed by atoms with Gasteiger partial charge in [0.15, 0.2) is 5.83 Å². The smallest absolute Gasteiger partial charge is 0.214 e. The molecule has 0 aromatic carbocycles. The van der Waals surface area contributed by atoms with Crippen molar-refractivity contribution in [1.82, 2.24) is 0 Å². The Morgan fingerprint density at radius 3 is 2.00 bits per heavy atom. The Balaban J connectivity index is 4.73. The molecule has 0 aliphatic carbocycles. The van der Waals surface area contributed by atoms with Crippen LogP contribution in [0.15, 0.2) is 11.7 Å². The fraction of sp³-hybridized carbons (Fsp3) is 0.250. The molecule has 4 heteroatoms. The van der Waals surface area contributed by atoms with E-state index in [1.807, 2.05) is 0 Å². The summed E-state index contributed by atoms with van der Waals surface area (Å²) < 4.78 is 37.2. The molecule has 0 amide bonds. The summed E-state index contributed by atoms with van der Waals surface area (Å²) in [5, 5.41) is 0. The van der Waals surface area contributed by atoms with E-state index < -0.39 is 23.6 Å². The topological polar surface area (TPSA) is 0 Å². The van der Waals surface area contributed by atoms with Crippen LogP contribution in [-0.4, -0.2) is 14.0 Å². The average Bonchev–Trinajstić information content (AvgIpc) is 2.12. The zero-order valence-electron chi connectivity index (χ0n) is 6.02. The first-order valence-electron chi connectivity index (χ1n) is 2.91. The van der Waals surface area contributed by atoms with Gasteiger partial charge in [-0.15, -0.1) is 18.8 Å². The highest BCUT2D eigenvalue weighted by Gasteiger charge is 2.18. The van der Waals surface area contributed by atoms with E-state index in [0.29, 0.717) is 0 Å². The molecule has 0 aromatic heterocycles. The van der Waals surface area contributed by atoms with E-state index in [4.69, 9.17) is 7.85 Å². The minimum atomic E-state index is -2.43. The van der Waals surface area contributed by atoms with Crippen molar-refractivity contribution in [2.24, 2.45) is 0 Å². The molecule has 0 aliphatic rings. The maximum absolute atomic E-state index is 12.5. The molecule has 0 saturated heterocycles. The van der Waals surface area contributed by atoms with Crippen LogP contribution >= 0.6 is 0 Å². The highest BCUT2D eigenvalue weighted by atomic mass is 19.2. The van der Waals surface area contributed by atoms with Gasteiger partial charge in [-0.2, -0.15) is 0 Å². The Morgan fingerprint density at radius 2 is 1.67 bits per heavy atom. The molecular formula is C8H4BF3. The van der Waals surface area contributed by atoms with E-state index in [9.17, 15) is 13.2 Å². The SMILES string of the molecule is [B]C(C#C)/C(F)=C(\F)C(F)C#C. The quantitative estimate of drug-likeness (QED) is 0.434. The normalized spacial score (nSPS) is 16.8. The third-order valence-corrected chi connectivity index (χ3v) is 1.05. The molecule has 0 aliphatic heterocycles. The predicted octanol–water partition coefficient (Wildman–Crippen LogP) is 1.70.